The van der Waals surface area contributed by atoms with Crippen molar-refractivity contribution in [2.45, 2.75) is 20.4 Å². The molecule has 0 saturated carbocycles. The highest BCUT2D eigenvalue weighted by molar-refractivity contribution is 7.18. The predicted octanol–water partition coefficient (Wildman–Crippen LogP) is 1.89. The van der Waals surface area contributed by atoms with Crippen molar-refractivity contribution in [2.24, 2.45) is 0 Å². The molecule has 0 aliphatic rings. The van der Waals surface area contributed by atoms with Crippen LogP contribution in [0, 0.1) is 13.8 Å². The van der Waals surface area contributed by atoms with Crippen LogP contribution in [0.15, 0.2) is 18.2 Å². The number of benzene rings is 1. The molecule has 0 amide bonds. The standard InChI is InChI=1S/C11H11NO2S/c1-7-4-3-5-9-11(7)12(6-10(13)14)8(2)15-9/h3-5H,6H2,1-2H3/p+1. The fourth-order valence-electron chi connectivity index (χ4n) is 1.76. The number of fused-ring (bicyclic) bond motifs is 1. The Labute approximate surface area is 91.6 Å². The normalized spacial score (nSPS) is 10.8. The second kappa shape index (κ2) is 3.62. The smallest absolute Gasteiger partial charge is 0.370 e. The van der Waals surface area contributed by atoms with Crippen LogP contribution in [-0.2, 0) is 11.3 Å². The lowest BCUT2D eigenvalue weighted by Gasteiger charge is -1.94. The van der Waals surface area contributed by atoms with Crippen molar-refractivity contribution >= 4 is 27.5 Å². The lowest BCUT2D eigenvalue weighted by molar-refractivity contribution is -0.661. The molecule has 0 spiro atoms. The Morgan fingerprint density at radius 1 is 1.47 bits per heavy atom. The van der Waals surface area contributed by atoms with Crippen LogP contribution in [0.2, 0.25) is 0 Å². The van der Waals surface area contributed by atoms with Crippen LogP contribution >= 0.6 is 11.3 Å². The van der Waals surface area contributed by atoms with E-state index in [1.807, 2.05) is 36.6 Å². The van der Waals surface area contributed by atoms with Gasteiger partial charge in [0.1, 0.15) is 4.70 Å². The quantitative estimate of drug-likeness (QED) is 0.788. The van der Waals surface area contributed by atoms with Crippen molar-refractivity contribution in [1.29, 1.82) is 0 Å². The third kappa shape index (κ3) is 1.72. The van der Waals surface area contributed by atoms with Gasteiger partial charge in [0, 0.05) is 12.5 Å². The van der Waals surface area contributed by atoms with Crippen LogP contribution < -0.4 is 4.57 Å². The van der Waals surface area contributed by atoms with Crippen LogP contribution in [0.3, 0.4) is 0 Å². The summed E-state index contributed by atoms with van der Waals surface area (Å²) in [4.78, 5) is 10.8. The van der Waals surface area contributed by atoms with Gasteiger partial charge in [-0.3, -0.25) is 0 Å². The van der Waals surface area contributed by atoms with Gasteiger partial charge in [-0.05, 0) is 13.0 Å². The number of carboxylic acids is 1. The van der Waals surface area contributed by atoms with Gasteiger partial charge in [-0.2, -0.15) is 4.57 Å². The fraction of sp³-hybridized carbons (Fsp3) is 0.273. The number of hydrogen-bond acceptors (Lipinski definition) is 2. The molecule has 3 nitrogen and oxygen atoms in total. The molecule has 4 heteroatoms. The van der Waals surface area contributed by atoms with Crippen LogP contribution in [0.1, 0.15) is 10.6 Å². The van der Waals surface area contributed by atoms with Gasteiger partial charge in [0.2, 0.25) is 17.1 Å². The highest BCUT2D eigenvalue weighted by Gasteiger charge is 2.21. The van der Waals surface area contributed by atoms with E-state index in [9.17, 15) is 4.79 Å². The minimum absolute atomic E-state index is 0.0384. The van der Waals surface area contributed by atoms with E-state index in [4.69, 9.17) is 5.11 Å². The number of hydrogen-bond donors (Lipinski definition) is 1. The maximum absolute atomic E-state index is 10.8. The van der Waals surface area contributed by atoms with E-state index >= 15 is 0 Å². The molecule has 1 N–H and O–H groups in total. The molecule has 2 aromatic rings. The van der Waals surface area contributed by atoms with Crippen molar-refractivity contribution < 1.29 is 14.5 Å². The summed E-state index contributed by atoms with van der Waals surface area (Å²) in [5, 5.41) is 9.87. The number of nitrogens with zero attached hydrogens (tertiary/aromatic N) is 1. The zero-order valence-electron chi connectivity index (χ0n) is 8.65. The molecule has 0 atom stereocenters. The maximum atomic E-state index is 10.8. The van der Waals surface area contributed by atoms with E-state index < -0.39 is 5.97 Å². The lowest BCUT2D eigenvalue weighted by atomic mass is 10.2. The molecular formula is C11H12NO2S+. The first-order valence-corrected chi connectivity index (χ1v) is 5.51. The summed E-state index contributed by atoms with van der Waals surface area (Å²) < 4.78 is 3.01. The highest BCUT2D eigenvalue weighted by Crippen LogP contribution is 2.22. The predicted molar refractivity (Wildman–Crippen MR) is 59.1 cm³/mol. The first kappa shape index (κ1) is 10.1. The summed E-state index contributed by atoms with van der Waals surface area (Å²) in [6.07, 6.45) is 0. The van der Waals surface area contributed by atoms with Crippen molar-refractivity contribution in [3.63, 3.8) is 0 Å². The molecule has 0 bridgehead atoms. The Hall–Kier alpha value is -1.42. The monoisotopic (exact) mass is 222 g/mol. The van der Waals surface area contributed by atoms with Gasteiger partial charge < -0.3 is 5.11 Å². The second-order valence-corrected chi connectivity index (χ2v) is 4.76. The SMILES string of the molecule is Cc1cccc2sc(C)[n+](CC(=O)O)c12. The minimum atomic E-state index is -0.800. The summed E-state index contributed by atoms with van der Waals surface area (Å²) in [5.41, 5.74) is 2.17. The number of carbonyl (C=O) groups is 1. The number of thiazole rings is 1. The summed E-state index contributed by atoms with van der Waals surface area (Å²) in [5.74, 6) is -0.800. The largest absolute Gasteiger partial charge is 0.477 e. The Morgan fingerprint density at radius 3 is 2.87 bits per heavy atom. The number of aliphatic carboxylic acids is 1. The molecule has 1 aromatic carbocycles. The van der Waals surface area contributed by atoms with E-state index in [-0.39, 0.29) is 6.54 Å². The molecule has 0 aliphatic carbocycles. The molecule has 15 heavy (non-hydrogen) atoms. The van der Waals surface area contributed by atoms with Crippen LogP contribution in [0.25, 0.3) is 10.2 Å². The van der Waals surface area contributed by atoms with Gasteiger partial charge in [0.05, 0.1) is 0 Å². The Morgan fingerprint density at radius 2 is 2.20 bits per heavy atom. The van der Waals surface area contributed by atoms with Gasteiger partial charge in [0.25, 0.3) is 0 Å². The summed E-state index contributed by atoms with van der Waals surface area (Å²) in [7, 11) is 0. The van der Waals surface area contributed by atoms with Crippen LogP contribution in [0.4, 0.5) is 0 Å². The maximum Gasteiger partial charge on any atom is 0.370 e. The van der Waals surface area contributed by atoms with Crippen molar-refractivity contribution in [3.8, 4) is 0 Å². The minimum Gasteiger partial charge on any atom is -0.477 e. The van der Waals surface area contributed by atoms with Crippen molar-refractivity contribution in [1.82, 2.24) is 0 Å². The first-order chi connectivity index (χ1) is 7.09. The second-order valence-electron chi connectivity index (χ2n) is 3.52. The van der Waals surface area contributed by atoms with E-state index in [1.54, 1.807) is 11.3 Å². The van der Waals surface area contributed by atoms with Gasteiger partial charge in [-0.15, -0.1) is 0 Å². The average Bonchev–Trinajstić information content (AvgIpc) is 2.43. The number of aromatic nitrogens is 1. The molecule has 0 fully saturated rings. The zero-order valence-corrected chi connectivity index (χ0v) is 9.47. The zero-order chi connectivity index (χ0) is 11.0. The van der Waals surface area contributed by atoms with E-state index in [1.165, 1.54) is 0 Å². The summed E-state index contributed by atoms with van der Waals surface area (Å²) in [6.45, 7) is 4.00. The van der Waals surface area contributed by atoms with Crippen molar-refractivity contribution in [3.05, 3.63) is 28.8 Å². The molecule has 0 unspecified atom stereocenters. The third-order valence-electron chi connectivity index (χ3n) is 2.40. The molecular weight excluding hydrogens is 210 g/mol. The van der Waals surface area contributed by atoms with Gasteiger partial charge >= 0.3 is 5.97 Å². The average molecular weight is 222 g/mol. The van der Waals surface area contributed by atoms with E-state index in [0.29, 0.717) is 0 Å². The lowest BCUT2D eigenvalue weighted by Crippen LogP contribution is -2.39. The highest BCUT2D eigenvalue weighted by atomic mass is 32.1. The Balaban J connectivity index is 2.71. The molecule has 1 heterocycles. The van der Waals surface area contributed by atoms with Gasteiger partial charge in [0.15, 0.2) is 0 Å². The molecule has 0 radical (unpaired) electrons. The molecule has 0 aliphatic heterocycles. The van der Waals surface area contributed by atoms with Crippen LogP contribution in [0.5, 0.6) is 0 Å². The number of aryl methyl sites for hydroxylation is 2. The Bertz CT molecular complexity index is 531. The molecule has 2 rings (SSSR count). The molecule has 0 saturated heterocycles. The summed E-state index contributed by atoms with van der Waals surface area (Å²) >= 11 is 1.63. The van der Waals surface area contributed by atoms with Gasteiger partial charge in [-0.25, -0.2) is 4.79 Å². The van der Waals surface area contributed by atoms with E-state index in [0.717, 1.165) is 20.8 Å². The molecule has 1 aromatic heterocycles. The number of carboxylic acid groups (broad SMARTS) is 1. The van der Waals surface area contributed by atoms with Crippen molar-refractivity contribution in [2.75, 3.05) is 0 Å². The third-order valence-corrected chi connectivity index (χ3v) is 3.47. The first-order valence-electron chi connectivity index (χ1n) is 4.70. The van der Waals surface area contributed by atoms with Crippen LogP contribution in [-0.4, -0.2) is 11.1 Å². The number of rotatable bonds is 2. The number of para-hydroxylation sites is 1. The van der Waals surface area contributed by atoms with E-state index in [2.05, 4.69) is 0 Å². The summed E-state index contributed by atoms with van der Waals surface area (Å²) in [6, 6.07) is 6.03. The molecule has 78 valence electrons. The van der Waals surface area contributed by atoms with Gasteiger partial charge in [-0.1, -0.05) is 23.5 Å². The Kier molecular flexibility index (Phi) is 2.44. The fourth-order valence-corrected chi connectivity index (χ4v) is 2.86. The topological polar surface area (TPSA) is 41.2 Å².